The van der Waals surface area contributed by atoms with E-state index in [0.717, 1.165) is 12.8 Å². The van der Waals surface area contributed by atoms with E-state index >= 15 is 0 Å². The quantitative estimate of drug-likeness (QED) is 0.733. The summed E-state index contributed by atoms with van der Waals surface area (Å²) in [6.45, 7) is 2.67. The lowest BCUT2D eigenvalue weighted by Crippen LogP contribution is -2.29. The summed E-state index contributed by atoms with van der Waals surface area (Å²) in [5.74, 6) is -0.0160. The van der Waals surface area contributed by atoms with Crippen molar-refractivity contribution in [3.8, 4) is 0 Å². The Balaban J connectivity index is 2.03. The summed E-state index contributed by atoms with van der Waals surface area (Å²) in [6.07, 6.45) is 1.78. The van der Waals surface area contributed by atoms with Crippen molar-refractivity contribution in [1.29, 1.82) is 0 Å². The Morgan fingerprint density at radius 3 is 3.00 bits per heavy atom. The minimum atomic E-state index is -0.389. The van der Waals surface area contributed by atoms with E-state index < -0.39 is 0 Å². The van der Waals surface area contributed by atoms with E-state index in [-0.39, 0.29) is 23.7 Å². The molecule has 2 rings (SSSR count). The van der Waals surface area contributed by atoms with Crippen LogP contribution in [0.1, 0.15) is 36.1 Å². The number of hydrogen-bond donors (Lipinski definition) is 2. The monoisotopic (exact) mass is 277 g/mol. The molecule has 2 aromatic heterocycles. The molecule has 0 saturated heterocycles. The summed E-state index contributed by atoms with van der Waals surface area (Å²) in [4.78, 5) is 23.5. The van der Waals surface area contributed by atoms with Crippen LogP contribution in [0, 0.1) is 0 Å². The van der Waals surface area contributed by atoms with E-state index in [1.165, 1.54) is 16.8 Å². The number of tetrazole rings is 1. The number of H-pyrrole nitrogens is 1. The molecular weight excluding hydrogens is 262 g/mol. The third kappa shape index (κ3) is 3.46. The molecule has 0 radical (unpaired) electrons. The number of aromatic nitrogens is 6. The lowest BCUT2D eigenvalue weighted by atomic mass is 10.3. The van der Waals surface area contributed by atoms with Gasteiger partial charge < -0.3 is 5.32 Å². The van der Waals surface area contributed by atoms with Gasteiger partial charge in [-0.05, 0) is 12.5 Å². The van der Waals surface area contributed by atoms with Crippen LogP contribution in [0.2, 0.25) is 0 Å². The average Bonchev–Trinajstić information content (AvgIpc) is 2.97. The number of nitrogens with one attached hydrogen (secondary N) is 2. The Labute approximate surface area is 114 Å². The molecule has 0 atom stereocenters. The van der Waals surface area contributed by atoms with Crippen molar-refractivity contribution in [2.75, 3.05) is 0 Å². The van der Waals surface area contributed by atoms with Gasteiger partial charge in [-0.15, -0.1) is 10.2 Å². The van der Waals surface area contributed by atoms with Gasteiger partial charge in [-0.2, -0.15) is 10.3 Å². The van der Waals surface area contributed by atoms with Gasteiger partial charge in [0.05, 0.1) is 6.54 Å². The van der Waals surface area contributed by atoms with E-state index in [1.54, 1.807) is 0 Å². The number of amides is 1. The van der Waals surface area contributed by atoms with E-state index in [9.17, 15) is 9.59 Å². The molecule has 9 nitrogen and oxygen atoms in total. The molecule has 2 aromatic rings. The molecule has 2 heterocycles. The summed E-state index contributed by atoms with van der Waals surface area (Å²) >= 11 is 0. The molecule has 0 aliphatic rings. The SMILES string of the molecule is CCCCn1nc(C(=O)NCc2nn[nH]n2)ccc1=O. The van der Waals surface area contributed by atoms with Crippen LogP contribution in [0.15, 0.2) is 16.9 Å². The fraction of sp³-hybridized carbons (Fsp3) is 0.455. The van der Waals surface area contributed by atoms with Gasteiger partial charge in [-0.25, -0.2) is 4.68 Å². The van der Waals surface area contributed by atoms with Crippen LogP contribution in [-0.4, -0.2) is 36.3 Å². The Hall–Kier alpha value is -2.58. The number of unbranched alkanes of at least 4 members (excludes halogenated alkanes) is 1. The number of rotatable bonds is 6. The molecular formula is C11H15N7O2. The fourth-order valence-electron chi connectivity index (χ4n) is 1.55. The van der Waals surface area contributed by atoms with Gasteiger partial charge in [0.25, 0.3) is 11.5 Å². The zero-order chi connectivity index (χ0) is 14.4. The maximum Gasteiger partial charge on any atom is 0.272 e. The molecule has 0 aromatic carbocycles. The van der Waals surface area contributed by atoms with Crippen LogP contribution in [0.4, 0.5) is 0 Å². The minimum absolute atomic E-state index is 0.144. The number of carbonyl (C=O) groups excluding carboxylic acids is 1. The van der Waals surface area contributed by atoms with E-state index in [2.05, 4.69) is 31.0 Å². The first kappa shape index (κ1) is 13.8. The van der Waals surface area contributed by atoms with Gasteiger partial charge in [0.15, 0.2) is 5.82 Å². The molecule has 0 aliphatic heterocycles. The molecule has 0 aliphatic carbocycles. The Bertz CT molecular complexity index is 620. The van der Waals surface area contributed by atoms with Crippen LogP contribution in [0.25, 0.3) is 0 Å². The number of nitrogens with zero attached hydrogens (tertiary/aromatic N) is 5. The van der Waals surface area contributed by atoms with Crippen LogP contribution in [0.3, 0.4) is 0 Å². The summed E-state index contributed by atoms with van der Waals surface area (Å²) in [5, 5.41) is 19.7. The lowest BCUT2D eigenvalue weighted by Gasteiger charge is -2.06. The average molecular weight is 277 g/mol. The molecule has 0 bridgehead atoms. The maximum atomic E-state index is 11.9. The maximum absolute atomic E-state index is 11.9. The van der Waals surface area contributed by atoms with Gasteiger partial charge >= 0.3 is 0 Å². The number of aryl methyl sites for hydroxylation is 1. The molecule has 2 N–H and O–H groups in total. The second-order valence-corrected chi connectivity index (χ2v) is 4.14. The highest BCUT2D eigenvalue weighted by atomic mass is 16.2. The largest absolute Gasteiger partial charge is 0.343 e. The van der Waals surface area contributed by atoms with Gasteiger partial charge in [-0.1, -0.05) is 18.6 Å². The first-order valence-corrected chi connectivity index (χ1v) is 6.29. The van der Waals surface area contributed by atoms with Crippen LogP contribution in [0.5, 0.6) is 0 Å². The molecule has 0 unspecified atom stereocenters. The normalized spacial score (nSPS) is 10.4. The lowest BCUT2D eigenvalue weighted by molar-refractivity contribution is 0.0942. The zero-order valence-electron chi connectivity index (χ0n) is 11.0. The Kier molecular flexibility index (Phi) is 4.53. The molecule has 0 spiro atoms. The first-order valence-electron chi connectivity index (χ1n) is 6.29. The molecule has 0 fully saturated rings. The molecule has 1 amide bonds. The van der Waals surface area contributed by atoms with Gasteiger partial charge in [0.1, 0.15) is 5.69 Å². The Morgan fingerprint density at radius 2 is 2.30 bits per heavy atom. The number of aromatic amines is 1. The first-order chi connectivity index (χ1) is 9.70. The smallest absolute Gasteiger partial charge is 0.272 e. The second kappa shape index (κ2) is 6.55. The van der Waals surface area contributed by atoms with Crippen molar-refractivity contribution in [2.24, 2.45) is 0 Å². The van der Waals surface area contributed by atoms with E-state index in [1.807, 2.05) is 6.92 Å². The van der Waals surface area contributed by atoms with E-state index in [0.29, 0.717) is 12.4 Å². The third-order valence-electron chi connectivity index (χ3n) is 2.62. The van der Waals surface area contributed by atoms with Crippen molar-refractivity contribution in [3.05, 3.63) is 34.0 Å². The highest BCUT2D eigenvalue weighted by Crippen LogP contribution is 1.95. The van der Waals surface area contributed by atoms with Crippen molar-refractivity contribution < 1.29 is 4.79 Å². The van der Waals surface area contributed by atoms with E-state index in [4.69, 9.17) is 0 Å². The van der Waals surface area contributed by atoms with Crippen molar-refractivity contribution in [1.82, 2.24) is 35.7 Å². The molecule has 106 valence electrons. The van der Waals surface area contributed by atoms with Crippen molar-refractivity contribution >= 4 is 5.91 Å². The predicted molar refractivity (Wildman–Crippen MR) is 68.8 cm³/mol. The predicted octanol–water partition coefficient (Wildman–Crippen LogP) is -0.513. The topological polar surface area (TPSA) is 118 Å². The highest BCUT2D eigenvalue weighted by molar-refractivity contribution is 5.91. The standard InChI is InChI=1S/C11H15N7O2/c1-2-3-6-18-10(19)5-4-8(15-18)11(20)12-7-9-13-16-17-14-9/h4-5H,2-3,6-7H2,1H3,(H,12,20)(H,13,14,16,17). The molecule has 9 heteroatoms. The van der Waals surface area contributed by atoms with Crippen LogP contribution in [-0.2, 0) is 13.1 Å². The Morgan fingerprint density at radius 1 is 1.45 bits per heavy atom. The summed E-state index contributed by atoms with van der Waals surface area (Å²) < 4.78 is 1.30. The van der Waals surface area contributed by atoms with Crippen LogP contribution < -0.4 is 10.9 Å². The fourth-order valence-corrected chi connectivity index (χ4v) is 1.55. The van der Waals surface area contributed by atoms with Crippen molar-refractivity contribution in [3.63, 3.8) is 0 Å². The highest BCUT2D eigenvalue weighted by Gasteiger charge is 2.10. The van der Waals surface area contributed by atoms with Gasteiger partial charge in [0, 0.05) is 12.6 Å². The zero-order valence-corrected chi connectivity index (χ0v) is 11.0. The minimum Gasteiger partial charge on any atom is -0.343 e. The summed E-state index contributed by atoms with van der Waals surface area (Å²) in [5.41, 5.74) is -0.0302. The number of carbonyl (C=O) groups is 1. The summed E-state index contributed by atoms with van der Waals surface area (Å²) in [6, 6.07) is 2.74. The molecule has 20 heavy (non-hydrogen) atoms. The van der Waals surface area contributed by atoms with Gasteiger partial charge in [0.2, 0.25) is 0 Å². The number of hydrogen-bond acceptors (Lipinski definition) is 6. The van der Waals surface area contributed by atoms with Crippen molar-refractivity contribution in [2.45, 2.75) is 32.9 Å². The molecule has 0 saturated carbocycles. The third-order valence-corrected chi connectivity index (χ3v) is 2.62. The van der Waals surface area contributed by atoms with Gasteiger partial charge in [-0.3, -0.25) is 9.59 Å². The van der Waals surface area contributed by atoms with Crippen LogP contribution >= 0.6 is 0 Å². The summed E-state index contributed by atoms with van der Waals surface area (Å²) in [7, 11) is 0. The second-order valence-electron chi connectivity index (χ2n) is 4.14.